The number of likely N-dealkylation sites (tertiary alicyclic amines) is 1. The Kier molecular flexibility index (Phi) is 5.43. The molecule has 1 amide bonds. The van der Waals surface area contributed by atoms with Crippen molar-refractivity contribution in [2.45, 2.75) is 44.8 Å². The third-order valence-electron chi connectivity index (χ3n) is 4.66. The molecule has 6 nitrogen and oxygen atoms in total. The SMILES string of the molecule is C[C@H](O)c1cn(C2CCN(C(=O)CCc3cccc(F)c3)CC2)nn1. The van der Waals surface area contributed by atoms with E-state index in [0.29, 0.717) is 31.6 Å². The second-order valence-electron chi connectivity index (χ2n) is 6.54. The average molecular weight is 346 g/mol. The minimum Gasteiger partial charge on any atom is -0.387 e. The Bertz CT molecular complexity index is 723. The monoisotopic (exact) mass is 346 g/mol. The zero-order valence-electron chi connectivity index (χ0n) is 14.3. The molecular formula is C18H23FN4O2. The van der Waals surface area contributed by atoms with Crippen LogP contribution in [-0.4, -0.2) is 44.0 Å². The zero-order chi connectivity index (χ0) is 17.8. The number of carbonyl (C=O) groups is 1. The fourth-order valence-electron chi connectivity index (χ4n) is 3.14. The molecule has 1 aliphatic heterocycles. The Hall–Kier alpha value is -2.28. The van der Waals surface area contributed by atoms with Crippen LogP contribution in [0.1, 0.15) is 49.6 Å². The van der Waals surface area contributed by atoms with E-state index in [9.17, 15) is 14.3 Å². The summed E-state index contributed by atoms with van der Waals surface area (Å²) in [5, 5.41) is 17.6. The minimum atomic E-state index is -0.627. The Balaban J connectivity index is 1.48. The van der Waals surface area contributed by atoms with E-state index in [0.717, 1.165) is 18.4 Å². The Morgan fingerprint density at radius 2 is 2.16 bits per heavy atom. The number of aliphatic hydroxyl groups is 1. The number of halogens is 1. The van der Waals surface area contributed by atoms with Crippen LogP contribution in [0, 0.1) is 5.82 Å². The molecule has 1 N–H and O–H groups in total. The van der Waals surface area contributed by atoms with Crippen LogP contribution in [0.4, 0.5) is 4.39 Å². The molecule has 1 atom stereocenters. The van der Waals surface area contributed by atoms with Gasteiger partial charge in [-0.3, -0.25) is 4.79 Å². The molecule has 0 spiro atoms. The van der Waals surface area contributed by atoms with Crippen LogP contribution in [0.2, 0.25) is 0 Å². The maximum atomic E-state index is 13.2. The lowest BCUT2D eigenvalue weighted by atomic mass is 10.0. The quantitative estimate of drug-likeness (QED) is 0.901. The molecule has 1 aliphatic rings. The van der Waals surface area contributed by atoms with Gasteiger partial charge in [0.25, 0.3) is 0 Å². The van der Waals surface area contributed by atoms with Gasteiger partial charge < -0.3 is 10.0 Å². The lowest BCUT2D eigenvalue weighted by molar-refractivity contribution is -0.132. The molecule has 1 aromatic carbocycles. The summed E-state index contributed by atoms with van der Waals surface area (Å²) in [7, 11) is 0. The Morgan fingerprint density at radius 3 is 2.80 bits per heavy atom. The first-order valence-corrected chi connectivity index (χ1v) is 8.65. The maximum absolute atomic E-state index is 13.2. The molecule has 25 heavy (non-hydrogen) atoms. The standard InChI is InChI=1S/C18H23FN4O2/c1-13(24)17-12-23(21-20-17)16-7-9-22(10-8-16)18(25)6-5-14-3-2-4-15(19)11-14/h2-4,11-13,16,24H,5-10H2,1H3/t13-/m0/s1. The number of aryl methyl sites for hydroxylation is 1. The van der Waals surface area contributed by atoms with Crippen LogP contribution in [-0.2, 0) is 11.2 Å². The summed E-state index contributed by atoms with van der Waals surface area (Å²) in [4.78, 5) is 14.2. The Labute approximate surface area is 146 Å². The largest absolute Gasteiger partial charge is 0.387 e. The summed E-state index contributed by atoms with van der Waals surface area (Å²) >= 11 is 0. The normalized spacial score (nSPS) is 16.8. The van der Waals surface area contributed by atoms with Gasteiger partial charge in [-0.05, 0) is 43.9 Å². The van der Waals surface area contributed by atoms with Gasteiger partial charge in [0.2, 0.25) is 5.91 Å². The number of rotatable bonds is 5. The van der Waals surface area contributed by atoms with Crippen molar-refractivity contribution in [2.24, 2.45) is 0 Å². The number of amides is 1. The van der Waals surface area contributed by atoms with Gasteiger partial charge >= 0.3 is 0 Å². The number of piperidine rings is 1. The van der Waals surface area contributed by atoms with E-state index in [1.807, 2.05) is 11.0 Å². The molecule has 0 aliphatic carbocycles. The van der Waals surface area contributed by atoms with Gasteiger partial charge in [-0.2, -0.15) is 0 Å². The van der Waals surface area contributed by atoms with E-state index >= 15 is 0 Å². The van der Waals surface area contributed by atoms with Crippen molar-refractivity contribution in [1.82, 2.24) is 19.9 Å². The molecule has 0 bridgehead atoms. The van der Waals surface area contributed by atoms with Gasteiger partial charge in [-0.15, -0.1) is 5.10 Å². The van der Waals surface area contributed by atoms with E-state index in [4.69, 9.17) is 0 Å². The summed E-state index contributed by atoms with van der Waals surface area (Å²) in [6.45, 7) is 3.02. The van der Waals surface area contributed by atoms with Crippen LogP contribution >= 0.6 is 0 Å². The molecule has 0 radical (unpaired) electrons. The number of hydrogen-bond acceptors (Lipinski definition) is 4. The van der Waals surface area contributed by atoms with Crippen LogP contribution < -0.4 is 0 Å². The van der Waals surface area contributed by atoms with E-state index < -0.39 is 6.10 Å². The molecule has 7 heteroatoms. The summed E-state index contributed by atoms with van der Waals surface area (Å²) in [5.41, 5.74) is 1.41. The lowest BCUT2D eigenvalue weighted by Gasteiger charge is -2.32. The molecule has 0 saturated carbocycles. The van der Waals surface area contributed by atoms with Crippen molar-refractivity contribution in [3.63, 3.8) is 0 Å². The fourth-order valence-corrected chi connectivity index (χ4v) is 3.14. The van der Waals surface area contributed by atoms with Crippen LogP contribution in [0.15, 0.2) is 30.5 Å². The zero-order valence-corrected chi connectivity index (χ0v) is 14.3. The maximum Gasteiger partial charge on any atom is 0.222 e. The molecule has 3 rings (SSSR count). The van der Waals surface area contributed by atoms with Crippen LogP contribution in [0.3, 0.4) is 0 Å². The highest BCUT2D eigenvalue weighted by atomic mass is 19.1. The van der Waals surface area contributed by atoms with E-state index in [1.165, 1.54) is 12.1 Å². The smallest absolute Gasteiger partial charge is 0.222 e. The second kappa shape index (κ2) is 7.74. The van der Waals surface area contributed by atoms with Crippen molar-refractivity contribution < 1.29 is 14.3 Å². The summed E-state index contributed by atoms with van der Waals surface area (Å²) in [6, 6.07) is 6.59. The molecule has 1 fully saturated rings. The summed E-state index contributed by atoms with van der Waals surface area (Å²) < 4.78 is 15.0. The van der Waals surface area contributed by atoms with Gasteiger partial charge in [-0.1, -0.05) is 17.3 Å². The van der Waals surface area contributed by atoms with Crippen molar-refractivity contribution in [3.05, 3.63) is 47.5 Å². The third kappa shape index (κ3) is 4.42. The molecule has 2 aromatic rings. The van der Waals surface area contributed by atoms with Crippen LogP contribution in [0.5, 0.6) is 0 Å². The number of nitrogens with zero attached hydrogens (tertiary/aromatic N) is 4. The van der Waals surface area contributed by atoms with Gasteiger partial charge in [0.05, 0.1) is 18.3 Å². The first kappa shape index (κ1) is 17.5. The van der Waals surface area contributed by atoms with Crippen molar-refractivity contribution in [1.29, 1.82) is 0 Å². The molecule has 0 unspecified atom stereocenters. The highest BCUT2D eigenvalue weighted by Gasteiger charge is 2.24. The van der Waals surface area contributed by atoms with E-state index in [1.54, 1.807) is 23.9 Å². The number of benzene rings is 1. The van der Waals surface area contributed by atoms with Crippen molar-refractivity contribution in [2.75, 3.05) is 13.1 Å². The third-order valence-corrected chi connectivity index (χ3v) is 4.66. The average Bonchev–Trinajstić information content (AvgIpc) is 3.10. The topological polar surface area (TPSA) is 71.2 Å². The van der Waals surface area contributed by atoms with Crippen molar-refractivity contribution >= 4 is 5.91 Å². The van der Waals surface area contributed by atoms with E-state index in [-0.39, 0.29) is 17.8 Å². The van der Waals surface area contributed by atoms with Gasteiger partial charge in [0, 0.05) is 19.5 Å². The predicted molar refractivity (Wildman–Crippen MR) is 90.2 cm³/mol. The van der Waals surface area contributed by atoms with Gasteiger partial charge in [0.15, 0.2) is 0 Å². The predicted octanol–water partition coefficient (Wildman–Crippen LogP) is 2.27. The lowest BCUT2D eigenvalue weighted by Crippen LogP contribution is -2.39. The highest BCUT2D eigenvalue weighted by molar-refractivity contribution is 5.76. The molecule has 2 heterocycles. The van der Waals surface area contributed by atoms with Crippen molar-refractivity contribution in [3.8, 4) is 0 Å². The van der Waals surface area contributed by atoms with E-state index in [2.05, 4.69) is 10.3 Å². The first-order valence-electron chi connectivity index (χ1n) is 8.65. The number of aromatic nitrogens is 3. The molecular weight excluding hydrogens is 323 g/mol. The second-order valence-corrected chi connectivity index (χ2v) is 6.54. The number of aliphatic hydroxyl groups excluding tert-OH is 1. The molecule has 1 saturated heterocycles. The first-order chi connectivity index (χ1) is 12.0. The summed E-state index contributed by atoms with van der Waals surface area (Å²) in [5.74, 6) is -0.166. The van der Waals surface area contributed by atoms with Gasteiger partial charge in [0.1, 0.15) is 11.5 Å². The highest BCUT2D eigenvalue weighted by Crippen LogP contribution is 2.23. The number of hydrogen-bond donors (Lipinski definition) is 1. The fraction of sp³-hybridized carbons (Fsp3) is 0.500. The van der Waals surface area contributed by atoms with Crippen LogP contribution in [0.25, 0.3) is 0 Å². The number of carbonyl (C=O) groups excluding carboxylic acids is 1. The van der Waals surface area contributed by atoms with Gasteiger partial charge in [-0.25, -0.2) is 9.07 Å². The molecule has 1 aromatic heterocycles. The Morgan fingerprint density at radius 1 is 1.40 bits per heavy atom. The minimum absolute atomic E-state index is 0.103. The molecule has 134 valence electrons. The summed E-state index contributed by atoms with van der Waals surface area (Å²) in [6.07, 6.45) is 3.72.